The maximum Gasteiger partial charge on any atom is 0.222 e. The minimum atomic E-state index is -0.144. The fraction of sp³-hybridized carbons (Fsp3) is 0.400. The van der Waals surface area contributed by atoms with E-state index in [1.807, 2.05) is 21.9 Å². The number of benzene rings is 2. The molecule has 0 unspecified atom stereocenters. The van der Waals surface area contributed by atoms with Crippen LogP contribution in [0.25, 0.3) is 0 Å². The number of ketones is 1. The Morgan fingerprint density at radius 2 is 1.22 bits per heavy atom. The van der Waals surface area contributed by atoms with E-state index in [1.165, 1.54) is 0 Å². The number of methoxy groups -OCH3 is 2. The third-order valence-electron chi connectivity index (χ3n) is 6.16. The van der Waals surface area contributed by atoms with E-state index < -0.39 is 0 Å². The molecule has 2 aromatic rings. The Morgan fingerprint density at radius 3 is 1.56 bits per heavy atom. The maximum atomic E-state index is 13.2. The normalized spacial score (nSPS) is 16.1. The number of carbonyl (C=O) groups is 3. The van der Waals surface area contributed by atoms with Crippen LogP contribution in [0.3, 0.4) is 0 Å². The van der Waals surface area contributed by atoms with Gasteiger partial charge in [-0.15, -0.1) is 0 Å². The number of hydrogen-bond donors (Lipinski definition) is 0. The first-order valence-corrected chi connectivity index (χ1v) is 10.9. The summed E-state index contributed by atoms with van der Waals surface area (Å²) in [5.74, 6) is 1.33. The van der Waals surface area contributed by atoms with Crippen LogP contribution in [0.2, 0.25) is 0 Å². The summed E-state index contributed by atoms with van der Waals surface area (Å²) in [5, 5.41) is 0. The van der Waals surface area contributed by atoms with Crippen LogP contribution in [-0.4, -0.2) is 54.7 Å². The molecule has 7 nitrogen and oxygen atoms in total. The Hall–Kier alpha value is -3.35. The van der Waals surface area contributed by atoms with Crippen molar-refractivity contribution < 1.29 is 23.9 Å². The largest absolute Gasteiger partial charge is 0.496 e. The van der Waals surface area contributed by atoms with Gasteiger partial charge in [0.25, 0.3) is 0 Å². The predicted molar refractivity (Wildman–Crippen MR) is 119 cm³/mol. The zero-order valence-corrected chi connectivity index (χ0v) is 18.6. The first-order chi connectivity index (χ1) is 15.5. The first-order valence-electron chi connectivity index (χ1n) is 10.9. The van der Waals surface area contributed by atoms with Crippen molar-refractivity contribution >= 4 is 17.6 Å². The second-order valence-electron chi connectivity index (χ2n) is 8.22. The van der Waals surface area contributed by atoms with Crippen molar-refractivity contribution in [2.24, 2.45) is 0 Å². The molecule has 0 bridgehead atoms. The highest BCUT2D eigenvalue weighted by atomic mass is 16.5. The third kappa shape index (κ3) is 4.47. The maximum absolute atomic E-state index is 13.2. The molecule has 0 atom stereocenters. The topological polar surface area (TPSA) is 76.2 Å². The smallest absolute Gasteiger partial charge is 0.222 e. The number of rotatable bonds is 8. The molecule has 2 heterocycles. The van der Waals surface area contributed by atoms with Crippen LogP contribution in [0.1, 0.15) is 52.7 Å². The molecule has 0 saturated carbocycles. The van der Waals surface area contributed by atoms with E-state index in [9.17, 15) is 14.4 Å². The Labute approximate surface area is 187 Å². The van der Waals surface area contributed by atoms with Crippen molar-refractivity contribution in [3.05, 3.63) is 58.7 Å². The number of nitrogens with zero attached hydrogens (tertiary/aromatic N) is 2. The zero-order valence-electron chi connectivity index (χ0n) is 18.6. The van der Waals surface area contributed by atoms with Crippen LogP contribution in [0.5, 0.6) is 11.5 Å². The first kappa shape index (κ1) is 21.9. The van der Waals surface area contributed by atoms with E-state index in [0.29, 0.717) is 48.6 Å². The van der Waals surface area contributed by atoms with Gasteiger partial charge in [-0.2, -0.15) is 0 Å². The van der Waals surface area contributed by atoms with Crippen molar-refractivity contribution in [2.45, 2.75) is 38.8 Å². The highest BCUT2D eigenvalue weighted by Gasteiger charge is 2.23. The molecule has 7 heteroatoms. The molecule has 2 fully saturated rings. The van der Waals surface area contributed by atoms with Crippen LogP contribution in [0, 0.1) is 0 Å². The van der Waals surface area contributed by atoms with Crippen molar-refractivity contribution in [2.75, 3.05) is 27.3 Å². The van der Waals surface area contributed by atoms with Gasteiger partial charge in [0, 0.05) is 61.3 Å². The second kappa shape index (κ2) is 9.42. The van der Waals surface area contributed by atoms with Crippen LogP contribution in [0.4, 0.5) is 0 Å². The summed E-state index contributed by atoms with van der Waals surface area (Å²) in [7, 11) is 3.13. The van der Waals surface area contributed by atoms with E-state index in [4.69, 9.17) is 9.47 Å². The molecule has 0 radical (unpaired) electrons. The van der Waals surface area contributed by atoms with Gasteiger partial charge in [0.2, 0.25) is 11.8 Å². The molecular weight excluding hydrogens is 408 g/mol. The number of carbonyl (C=O) groups excluding carboxylic acids is 3. The van der Waals surface area contributed by atoms with E-state index >= 15 is 0 Å². The molecule has 0 spiro atoms. The summed E-state index contributed by atoms with van der Waals surface area (Å²) < 4.78 is 11.0. The lowest BCUT2D eigenvalue weighted by molar-refractivity contribution is -0.129. The molecule has 0 aliphatic carbocycles. The Kier molecular flexibility index (Phi) is 6.44. The molecule has 0 aromatic heterocycles. The summed E-state index contributed by atoms with van der Waals surface area (Å²) in [6, 6.07) is 10.7. The highest BCUT2D eigenvalue weighted by molar-refractivity contribution is 6.09. The van der Waals surface area contributed by atoms with Crippen molar-refractivity contribution in [3.8, 4) is 11.5 Å². The van der Waals surface area contributed by atoms with Crippen LogP contribution in [-0.2, 0) is 22.7 Å². The van der Waals surface area contributed by atoms with Gasteiger partial charge < -0.3 is 19.3 Å². The van der Waals surface area contributed by atoms with Crippen LogP contribution >= 0.6 is 0 Å². The molecule has 2 aromatic carbocycles. The standard InChI is InChI=1S/C25H28N2O5/c1-31-21-13-17(7-9-19(21)15-26-11-3-5-23(26)28)25(30)18-8-10-20(22(14-18)32-2)16-27-12-4-6-24(27)29/h7-10,13-14H,3-6,11-12,15-16H2,1-2H3. The Bertz CT molecular complexity index is 967. The van der Waals surface area contributed by atoms with Gasteiger partial charge in [-0.3, -0.25) is 14.4 Å². The number of hydrogen-bond acceptors (Lipinski definition) is 5. The summed E-state index contributed by atoms with van der Waals surface area (Å²) in [5.41, 5.74) is 2.76. The molecule has 2 saturated heterocycles. The molecular formula is C25H28N2O5. The Morgan fingerprint density at radius 1 is 0.781 bits per heavy atom. The van der Waals surface area contributed by atoms with Gasteiger partial charge >= 0.3 is 0 Å². The van der Waals surface area contributed by atoms with E-state index in [1.54, 1.807) is 38.5 Å². The molecule has 2 aliphatic rings. The molecule has 4 rings (SSSR count). The zero-order chi connectivity index (χ0) is 22.7. The Balaban J connectivity index is 1.54. The fourth-order valence-corrected chi connectivity index (χ4v) is 4.35. The van der Waals surface area contributed by atoms with Gasteiger partial charge in [-0.1, -0.05) is 24.3 Å². The molecule has 2 aliphatic heterocycles. The van der Waals surface area contributed by atoms with E-state index in [2.05, 4.69) is 0 Å². The van der Waals surface area contributed by atoms with Crippen molar-refractivity contribution in [1.29, 1.82) is 0 Å². The second-order valence-corrected chi connectivity index (χ2v) is 8.22. The predicted octanol–water partition coefficient (Wildman–Crippen LogP) is 3.18. The highest BCUT2D eigenvalue weighted by Crippen LogP contribution is 2.28. The van der Waals surface area contributed by atoms with Crippen LogP contribution < -0.4 is 9.47 Å². The lowest BCUT2D eigenvalue weighted by atomic mass is 9.99. The number of ether oxygens (including phenoxy) is 2. The lowest BCUT2D eigenvalue weighted by Gasteiger charge is -2.19. The van der Waals surface area contributed by atoms with Crippen LogP contribution in [0.15, 0.2) is 36.4 Å². The minimum absolute atomic E-state index is 0.144. The molecule has 2 amide bonds. The summed E-state index contributed by atoms with van der Waals surface area (Å²) in [6.07, 6.45) is 2.92. The SMILES string of the molecule is COc1cc(C(=O)c2ccc(CN3CCCC3=O)c(OC)c2)ccc1CN1CCCC1=O. The quantitative estimate of drug-likeness (QED) is 0.594. The number of likely N-dealkylation sites (tertiary alicyclic amines) is 2. The molecule has 32 heavy (non-hydrogen) atoms. The summed E-state index contributed by atoms with van der Waals surface area (Å²) in [4.78, 5) is 40.7. The van der Waals surface area contributed by atoms with Crippen molar-refractivity contribution in [1.82, 2.24) is 9.80 Å². The number of amides is 2. The lowest BCUT2D eigenvalue weighted by Crippen LogP contribution is -2.24. The van der Waals surface area contributed by atoms with Gasteiger partial charge in [0.15, 0.2) is 5.78 Å². The van der Waals surface area contributed by atoms with Gasteiger partial charge in [-0.25, -0.2) is 0 Å². The molecule has 168 valence electrons. The summed E-state index contributed by atoms with van der Waals surface area (Å²) >= 11 is 0. The average molecular weight is 437 g/mol. The fourth-order valence-electron chi connectivity index (χ4n) is 4.35. The van der Waals surface area contributed by atoms with Gasteiger partial charge in [0.1, 0.15) is 11.5 Å². The average Bonchev–Trinajstić information content (AvgIpc) is 3.41. The molecule has 0 N–H and O–H groups in total. The minimum Gasteiger partial charge on any atom is -0.496 e. The monoisotopic (exact) mass is 436 g/mol. The van der Waals surface area contributed by atoms with Gasteiger partial charge in [0.05, 0.1) is 14.2 Å². The van der Waals surface area contributed by atoms with Gasteiger partial charge in [-0.05, 0) is 25.0 Å². The van der Waals surface area contributed by atoms with E-state index in [0.717, 1.165) is 37.1 Å². The van der Waals surface area contributed by atoms with E-state index in [-0.39, 0.29) is 17.6 Å². The summed E-state index contributed by atoms with van der Waals surface area (Å²) in [6.45, 7) is 2.46. The van der Waals surface area contributed by atoms with Crippen molar-refractivity contribution in [3.63, 3.8) is 0 Å². The third-order valence-corrected chi connectivity index (χ3v) is 6.16.